The van der Waals surface area contributed by atoms with Gasteiger partial charge in [-0.2, -0.15) is 0 Å². The fourth-order valence-corrected chi connectivity index (χ4v) is 2.58. The topological polar surface area (TPSA) is 115 Å². The van der Waals surface area contributed by atoms with Crippen LogP contribution in [0.25, 0.3) is 0 Å². The van der Waals surface area contributed by atoms with Gasteiger partial charge in [-0.15, -0.1) is 0 Å². The first-order valence-electron chi connectivity index (χ1n) is 6.02. The summed E-state index contributed by atoms with van der Waals surface area (Å²) < 4.78 is 32.6. The van der Waals surface area contributed by atoms with Crippen LogP contribution in [0.3, 0.4) is 0 Å². The first-order chi connectivity index (χ1) is 8.76. The van der Waals surface area contributed by atoms with Gasteiger partial charge in [0.15, 0.2) is 0 Å². The third-order valence-corrected chi connectivity index (χ3v) is 4.06. The number of rotatable bonds is 10. The van der Waals surface area contributed by atoms with Crippen molar-refractivity contribution in [1.82, 2.24) is 4.90 Å². The molecule has 0 fully saturated rings. The molecule has 0 heterocycles. The van der Waals surface area contributed by atoms with Gasteiger partial charge in [0, 0.05) is 0 Å². The average Bonchev–Trinajstić information content (AvgIpc) is 2.37. The molecule has 0 aliphatic heterocycles. The van der Waals surface area contributed by atoms with Crippen molar-refractivity contribution in [3.05, 3.63) is 0 Å². The molecule has 3 N–H and O–H groups in total. The zero-order chi connectivity index (χ0) is 15.1. The summed E-state index contributed by atoms with van der Waals surface area (Å²) in [6.07, 6.45) is 0.256. The Hall–Kier alpha value is -0.345. The molecule has 0 aliphatic carbocycles. The molecule has 0 aromatic rings. The normalized spacial score (nSPS) is 13.0. The molecule has 0 aromatic carbocycles. The minimum atomic E-state index is -3.83. The summed E-state index contributed by atoms with van der Waals surface area (Å²) in [7, 11) is -3.83. The third kappa shape index (κ3) is 5.66. The van der Waals surface area contributed by atoms with Crippen LogP contribution in [0.2, 0.25) is 0 Å². The van der Waals surface area contributed by atoms with Crippen LogP contribution in [0.5, 0.6) is 0 Å². The van der Waals surface area contributed by atoms with Gasteiger partial charge in [-0.25, -0.2) is 0 Å². The summed E-state index contributed by atoms with van der Waals surface area (Å²) in [5.74, 6) is -0.326. The molecule has 19 heavy (non-hydrogen) atoms. The van der Waals surface area contributed by atoms with Crippen molar-refractivity contribution in [1.29, 1.82) is 0 Å². The Bertz CT molecular complexity index is 368. The van der Waals surface area contributed by atoms with E-state index in [0.29, 0.717) is 6.42 Å². The molecule has 7 nitrogen and oxygen atoms in total. The molecule has 0 atom stereocenters. The van der Waals surface area contributed by atoms with Gasteiger partial charge in [0.25, 0.3) is 0 Å². The van der Waals surface area contributed by atoms with E-state index in [1.165, 1.54) is 4.90 Å². The number of hydrogen-bond donors (Lipinski definition) is 3. The van der Waals surface area contributed by atoms with Crippen LogP contribution in [0.4, 0.5) is 0 Å². The molecule has 0 amide bonds. The van der Waals surface area contributed by atoms with E-state index in [0.717, 1.165) is 0 Å². The second-order valence-electron chi connectivity index (χ2n) is 5.01. The van der Waals surface area contributed by atoms with Gasteiger partial charge < -0.3 is 0 Å². The summed E-state index contributed by atoms with van der Waals surface area (Å²) in [6.45, 7) is 2.30. The van der Waals surface area contributed by atoms with Crippen molar-refractivity contribution in [2.24, 2.45) is 5.92 Å². The number of nitrogens with zero attached hydrogens (tertiary/aromatic N) is 1. The summed E-state index contributed by atoms with van der Waals surface area (Å²) in [6, 6.07) is 0. The third-order valence-electron chi connectivity index (χ3n) is 3.01. The predicted octanol–water partition coefficient (Wildman–Crippen LogP) is -1.61. The number of hydrogen-bond acceptors (Lipinski definition) is 7. The van der Waals surface area contributed by atoms with Gasteiger partial charge in [-0.3, -0.25) is 0 Å². The minimum absolute atomic E-state index is 0.134. The van der Waals surface area contributed by atoms with Gasteiger partial charge in [-0.1, -0.05) is 0 Å². The van der Waals surface area contributed by atoms with E-state index in [1.54, 1.807) is 0 Å². The van der Waals surface area contributed by atoms with Crippen molar-refractivity contribution in [2.75, 3.05) is 32.2 Å². The molecule has 0 saturated heterocycles. The van der Waals surface area contributed by atoms with Crippen LogP contribution in [-0.4, -0.2) is 72.8 Å². The Kier molecular flexibility index (Phi) is 7.91. The maximum absolute atomic E-state index is 11.1. The number of aliphatic hydroxyl groups is 3. The molecule has 0 rings (SSSR count). The zero-order valence-corrected chi connectivity index (χ0v) is 12.1. The van der Waals surface area contributed by atoms with Crippen LogP contribution >= 0.6 is 0 Å². The molecule has 9 heteroatoms. The van der Waals surface area contributed by atoms with Crippen LogP contribution in [0.1, 0.15) is 20.3 Å². The van der Waals surface area contributed by atoms with Gasteiger partial charge in [0.2, 0.25) is 0 Å². The van der Waals surface area contributed by atoms with E-state index in [4.69, 9.17) is 0 Å². The van der Waals surface area contributed by atoms with E-state index < -0.39 is 40.9 Å². The van der Waals surface area contributed by atoms with E-state index in [2.05, 4.69) is 0 Å². The summed E-state index contributed by atoms with van der Waals surface area (Å²) in [5.41, 5.74) is -1.10. The molecule has 0 unspecified atom stereocenters. The molecule has 0 bridgehead atoms. The fourth-order valence-electron chi connectivity index (χ4n) is 2.01. The second-order valence-corrected chi connectivity index (χ2v) is 6.93. The molecule has 0 aromatic heterocycles. The molecule has 0 spiro atoms. The van der Waals surface area contributed by atoms with Gasteiger partial charge in [0.1, 0.15) is 0 Å². The molecule has 112 valence electrons. The van der Waals surface area contributed by atoms with Gasteiger partial charge >= 0.3 is 113 Å². The van der Waals surface area contributed by atoms with Gasteiger partial charge in [-0.05, 0) is 0 Å². The first-order valence-corrected chi connectivity index (χ1v) is 7.74. The van der Waals surface area contributed by atoms with Crippen molar-refractivity contribution >= 4 is 16.1 Å². The average molecular weight is 295 g/mol. The Morgan fingerprint density at radius 2 is 1.74 bits per heavy atom. The molecular weight excluding hydrogens is 273 g/mol. The fraction of sp³-hybridized carbons (Fsp3) is 1.00. The SMILES string of the molecule is CC(C)CC(CO)(CO)N(CO)CCS(=O)(=O)B=O. The number of aliphatic hydroxyl groups excluding tert-OH is 3. The maximum atomic E-state index is 11.1. The molecule has 0 aliphatic rings. The van der Waals surface area contributed by atoms with Crippen molar-refractivity contribution in [3.63, 3.8) is 0 Å². The van der Waals surface area contributed by atoms with E-state index in [-0.39, 0.29) is 18.9 Å². The zero-order valence-electron chi connectivity index (χ0n) is 11.3. The van der Waals surface area contributed by atoms with Crippen molar-refractivity contribution < 1.29 is 28.4 Å². The predicted molar refractivity (Wildman–Crippen MR) is 70.4 cm³/mol. The summed E-state index contributed by atoms with van der Waals surface area (Å²) in [4.78, 5) is 1.29. The summed E-state index contributed by atoms with van der Waals surface area (Å²) >= 11 is 0. The Morgan fingerprint density at radius 1 is 1.21 bits per heavy atom. The Morgan fingerprint density at radius 3 is 2.05 bits per heavy atom. The van der Waals surface area contributed by atoms with Crippen LogP contribution in [0.15, 0.2) is 0 Å². The molecule has 0 saturated carbocycles. The Balaban J connectivity index is 4.99. The van der Waals surface area contributed by atoms with Crippen molar-refractivity contribution in [3.8, 4) is 0 Å². The Labute approximate surface area is 114 Å². The quantitative estimate of drug-likeness (QED) is 0.328. The van der Waals surface area contributed by atoms with E-state index in [1.807, 2.05) is 13.8 Å². The standard InChI is InChI=1S/C10H22BNO6S/c1-9(2)5-10(6-13,7-14)12(8-15)3-4-19(17,18)11-16/h9,13-15H,3-8H2,1-2H3. The van der Waals surface area contributed by atoms with E-state index >= 15 is 0 Å². The van der Waals surface area contributed by atoms with Crippen LogP contribution in [-0.2, 0) is 14.4 Å². The monoisotopic (exact) mass is 295 g/mol. The van der Waals surface area contributed by atoms with Crippen molar-refractivity contribution in [2.45, 2.75) is 25.8 Å². The molecular formula is C10H22BNO6S. The van der Waals surface area contributed by atoms with Crippen LogP contribution < -0.4 is 0 Å². The van der Waals surface area contributed by atoms with Gasteiger partial charge in [0.05, 0.1) is 0 Å². The molecule has 0 radical (unpaired) electrons. The second kappa shape index (κ2) is 8.06. The summed E-state index contributed by atoms with van der Waals surface area (Å²) in [5, 5.41) is 28.3. The first kappa shape index (κ1) is 18.7. The van der Waals surface area contributed by atoms with Crippen LogP contribution in [0, 0.1) is 5.92 Å². The van der Waals surface area contributed by atoms with E-state index in [9.17, 15) is 28.4 Å².